The van der Waals surface area contributed by atoms with Crippen LogP contribution in [-0.4, -0.2) is 16.9 Å². The highest BCUT2D eigenvalue weighted by molar-refractivity contribution is 6.23. The molecule has 5 heteroatoms. The summed E-state index contributed by atoms with van der Waals surface area (Å²) in [5, 5.41) is 6.60. The summed E-state index contributed by atoms with van der Waals surface area (Å²) in [5.74, 6) is 0. The van der Waals surface area contributed by atoms with E-state index < -0.39 is 0 Å². The Morgan fingerprint density at radius 3 is 2.50 bits per heavy atom. The molecule has 2 nitrogen and oxygen atoms in total. The molecule has 72 valence electrons. The van der Waals surface area contributed by atoms with Crippen LogP contribution in [0.5, 0.6) is 0 Å². The van der Waals surface area contributed by atoms with E-state index in [2.05, 4.69) is 11.9 Å². The molecule has 1 N–H and O–H groups in total. The van der Waals surface area contributed by atoms with Gasteiger partial charge in [-0.1, -0.05) is 24.9 Å². The van der Waals surface area contributed by atoms with Crippen molar-refractivity contribution in [3.8, 4) is 0 Å². The Morgan fingerprint density at radius 1 is 1.50 bits per heavy atom. The minimum Gasteiger partial charge on any atom is -0.242 e. The third-order valence-electron chi connectivity index (χ3n) is 1.26. The molecular formula is C7H13Cl3N2. The third-order valence-corrected chi connectivity index (χ3v) is 1.93. The van der Waals surface area contributed by atoms with Gasteiger partial charge in [0.05, 0.1) is 6.01 Å². The van der Waals surface area contributed by atoms with E-state index >= 15 is 0 Å². The van der Waals surface area contributed by atoms with E-state index in [4.69, 9.17) is 28.6 Å². The molecule has 0 aliphatic carbocycles. The Labute approximate surface area is 89.3 Å². The van der Waals surface area contributed by atoms with Crippen LogP contribution in [-0.2, 0) is 0 Å². The minimum atomic E-state index is -0.387. The SMILES string of the molecule is CCCC(Cl)CC(Cl)N=C=N.Cl. The first-order chi connectivity index (χ1) is 5.20. The standard InChI is InChI=1S/C7H12Cl2N2.ClH/c1-2-3-6(8)4-7(9)11-5-10;/h6-7,10H,2-4H2,1H3;1H. The minimum absolute atomic E-state index is 0. The molecule has 0 spiro atoms. The van der Waals surface area contributed by atoms with Crippen molar-refractivity contribution in [1.29, 1.82) is 5.41 Å². The predicted molar refractivity (Wildman–Crippen MR) is 56.2 cm³/mol. The molecule has 2 atom stereocenters. The Morgan fingerprint density at radius 2 is 2.08 bits per heavy atom. The molecule has 0 aromatic heterocycles. The quantitative estimate of drug-likeness (QED) is 0.427. The molecule has 0 aromatic rings. The molecule has 0 aromatic carbocycles. The first-order valence-electron chi connectivity index (χ1n) is 3.60. The van der Waals surface area contributed by atoms with Gasteiger partial charge in [-0.25, -0.2) is 10.4 Å². The van der Waals surface area contributed by atoms with Crippen molar-refractivity contribution in [3.63, 3.8) is 0 Å². The lowest BCUT2D eigenvalue weighted by molar-refractivity contribution is 0.661. The summed E-state index contributed by atoms with van der Waals surface area (Å²) >= 11 is 11.6. The second-order valence-corrected chi connectivity index (χ2v) is 3.42. The smallest absolute Gasteiger partial charge is 0.136 e. The summed E-state index contributed by atoms with van der Waals surface area (Å²) < 4.78 is 0. The molecule has 0 heterocycles. The Bertz CT molecular complexity index is 146. The van der Waals surface area contributed by atoms with Gasteiger partial charge < -0.3 is 0 Å². The number of aliphatic imine (C=N–C) groups is 1. The van der Waals surface area contributed by atoms with E-state index in [9.17, 15) is 0 Å². The summed E-state index contributed by atoms with van der Waals surface area (Å²) in [4.78, 5) is 3.54. The first-order valence-corrected chi connectivity index (χ1v) is 4.47. The lowest BCUT2D eigenvalue weighted by Gasteiger charge is -2.07. The topological polar surface area (TPSA) is 36.2 Å². The molecule has 2 unspecified atom stereocenters. The predicted octanol–water partition coefficient (Wildman–Crippen LogP) is 3.52. The summed E-state index contributed by atoms with van der Waals surface area (Å²) in [6, 6.07) is 1.90. The van der Waals surface area contributed by atoms with E-state index in [1.807, 2.05) is 6.01 Å². The highest BCUT2D eigenvalue weighted by Crippen LogP contribution is 2.15. The Balaban J connectivity index is 0. The number of rotatable bonds is 5. The number of alkyl halides is 2. The van der Waals surface area contributed by atoms with Crippen LogP contribution >= 0.6 is 35.6 Å². The van der Waals surface area contributed by atoms with Crippen LogP contribution in [0.2, 0.25) is 0 Å². The molecule has 0 aliphatic rings. The van der Waals surface area contributed by atoms with Gasteiger partial charge in [-0.05, 0) is 6.42 Å². The van der Waals surface area contributed by atoms with Gasteiger partial charge in [0.15, 0.2) is 0 Å². The maximum atomic E-state index is 6.54. The summed E-state index contributed by atoms with van der Waals surface area (Å²) in [5.41, 5.74) is -0.387. The fourth-order valence-electron chi connectivity index (χ4n) is 0.765. The molecule has 0 saturated heterocycles. The number of hydrogen-bond acceptors (Lipinski definition) is 2. The third kappa shape index (κ3) is 8.35. The maximum absolute atomic E-state index is 6.54. The van der Waals surface area contributed by atoms with Crippen molar-refractivity contribution in [3.05, 3.63) is 0 Å². The maximum Gasteiger partial charge on any atom is 0.136 e. The number of nitrogens with zero attached hydrogens (tertiary/aromatic N) is 1. The van der Waals surface area contributed by atoms with Gasteiger partial charge >= 0.3 is 0 Å². The number of halogens is 3. The van der Waals surface area contributed by atoms with Gasteiger partial charge in [-0.15, -0.1) is 24.0 Å². The average Bonchev–Trinajstić information content (AvgIpc) is 1.87. The largest absolute Gasteiger partial charge is 0.242 e. The molecule has 0 radical (unpaired) electrons. The summed E-state index contributed by atoms with van der Waals surface area (Å²) in [7, 11) is 0. The first kappa shape index (κ1) is 14.8. The lowest BCUT2D eigenvalue weighted by Crippen LogP contribution is -2.05. The van der Waals surface area contributed by atoms with Crippen LogP contribution in [0.4, 0.5) is 0 Å². The van der Waals surface area contributed by atoms with Gasteiger partial charge in [0.25, 0.3) is 0 Å². The monoisotopic (exact) mass is 230 g/mol. The van der Waals surface area contributed by atoms with E-state index in [1.165, 1.54) is 0 Å². The molecule has 0 rings (SSSR count). The van der Waals surface area contributed by atoms with E-state index in [1.54, 1.807) is 0 Å². The van der Waals surface area contributed by atoms with Crippen molar-refractivity contribution in [2.75, 3.05) is 0 Å². The van der Waals surface area contributed by atoms with Crippen molar-refractivity contribution >= 4 is 41.6 Å². The van der Waals surface area contributed by atoms with Gasteiger partial charge in [-0.3, -0.25) is 0 Å². The van der Waals surface area contributed by atoms with Crippen molar-refractivity contribution < 1.29 is 0 Å². The molecule has 0 fully saturated rings. The van der Waals surface area contributed by atoms with Crippen LogP contribution < -0.4 is 0 Å². The zero-order chi connectivity index (χ0) is 8.69. The van der Waals surface area contributed by atoms with Gasteiger partial charge in [0, 0.05) is 11.8 Å². The fourth-order valence-corrected chi connectivity index (χ4v) is 1.51. The van der Waals surface area contributed by atoms with Crippen LogP contribution in [0, 0.1) is 5.41 Å². The van der Waals surface area contributed by atoms with E-state index in [-0.39, 0.29) is 23.3 Å². The fraction of sp³-hybridized carbons (Fsp3) is 0.857. The van der Waals surface area contributed by atoms with Gasteiger partial charge in [0.1, 0.15) is 5.50 Å². The highest BCUT2D eigenvalue weighted by Gasteiger charge is 2.09. The zero-order valence-corrected chi connectivity index (χ0v) is 9.22. The molecular weight excluding hydrogens is 218 g/mol. The van der Waals surface area contributed by atoms with Crippen LogP contribution in [0.25, 0.3) is 0 Å². The lowest BCUT2D eigenvalue weighted by atomic mass is 10.2. The average molecular weight is 232 g/mol. The highest BCUT2D eigenvalue weighted by atomic mass is 35.5. The normalized spacial score (nSPS) is 13.9. The van der Waals surface area contributed by atoms with E-state index in [0.717, 1.165) is 12.8 Å². The molecule has 0 saturated carbocycles. The number of hydrogen-bond donors (Lipinski definition) is 1. The second kappa shape index (κ2) is 9.34. The van der Waals surface area contributed by atoms with E-state index in [0.29, 0.717) is 6.42 Å². The van der Waals surface area contributed by atoms with Crippen molar-refractivity contribution in [1.82, 2.24) is 0 Å². The second-order valence-electron chi connectivity index (χ2n) is 2.30. The molecule has 0 bridgehead atoms. The molecule has 12 heavy (non-hydrogen) atoms. The van der Waals surface area contributed by atoms with Crippen molar-refractivity contribution in [2.45, 2.75) is 37.1 Å². The van der Waals surface area contributed by atoms with Crippen LogP contribution in [0.1, 0.15) is 26.2 Å². The van der Waals surface area contributed by atoms with Gasteiger partial charge in [-0.2, -0.15) is 0 Å². The molecule has 0 amide bonds. The number of nitrogens with one attached hydrogen (secondary N) is 1. The Hall–Kier alpha value is 0.250. The van der Waals surface area contributed by atoms with Crippen LogP contribution in [0.3, 0.4) is 0 Å². The Kier molecular flexibility index (Phi) is 11.5. The summed E-state index contributed by atoms with van der Waals surface area (Å²) in [6.07, 6.45) is 2.60. The van der Waals surface area contributed by atoms with Crippen molar-refractivity contribution in [2.24, 2.45) is 4.99 Å². The van der Waals surface area contributed by atoms with Crippen LogP contribution in [0.15, 0.2) is 4.99 Å². The summed E-state index contributed by atoms with van der Waals surface area (Å²) in [6.45, 7) is 2.07. The molecule has 0 aliphatic heterocycles. The zero-order valence-electron chi connectivity index (χ0n) is 6.89. The van der Waals surface area contributed by atoms with Gasteiger partial charge in [0.2, 0.25) is 0 Å².